The van der Waals surface area contributed by atoms with Gasteiger partial charge in [-0.2, -0.15) is 0 Å². The molecule has 1 N–H and O–H groups in total. The molecule has 132 valence electrons. The van der Waals surface area contributed by atoms with Crippen LogP contribution in [-0.4, -0.2) is 34.2 Å². The van der Waals surface area contributed by atoms with Crippen LogP contribution in [0.15, 0.2) is 42.7 Å². The molecule has 2 aromatic rings. The zero-order chi connectivity index (χ0) is 18.0. The van der Waals surface area contributed by atoms with Crippen LogP contribution in [-0.2, 0) is 11.3 Å². The van der Waals surface area contributed by atoms with Gasteiger partial charge >= 0.3 is 6.09 Å². The molecule has 2 heterocycles. The Bertz CT molecular complexity index is 753. The van der Waals surface area contributed by atoms with Crippen LogP contribution >= 0.6 is 0 Å². The van der Waals surface area contributed by atoms with Crippen molar-refractivity contribution in [3.05, 3.63) is 53.9 Å². The Balaban J connectivity index is 1.86. The summed E-state index contributed by atoms with van der Waals surface area (Å²) in [7, 11) is 0. The molecule has 1 aromatic carbocycles. The Kier molecular flexibility index (Phi) is 4.77. The quantitative estimate of drug-likeness (QED) is 0.899. The topological polar surface area (TPSA) is 62.7 Å². The van der Waals surface area contributed by atoms with Gasteiger partial charge in [-0.3, -0.25) is 4.98 Å². The monoisotopic (exact) mass is 340 g/mol. The molecule has 5 heteroatoms. The number of rotatable bonds is 4. The van der Waals surface area contributed by atoms with Gasteiger partial charge in [-0.25, -0.2) is 4.79 Å². The molecule has 5 nitrogen and oxygen atoms in total. The molecule has 3 rings (SSSR count). The summed E-state index contributed by atoms with van der Waals surface area (Å²) in [6.45, 7) is 7.43. The van der Waals surface area contributed by atoms with E-state index in [2.05, 4.69) is 11.1 Å². The Labute approximate surface area is 148 Å². The first-order valence-corrected chi connectivity index (χ1v) is 8.47. The maximum atomic E-state index is 11.6. The number of fused-ring (bicyclic) bond motifs is 1. The zero-order valence-electron chi connectivity index (χ0n) is 14.9. The molecular formula is C20H24N2O3. The van der Waals surface area contributed by atoms with Crippen LogP contribution in [0, 0.1) is 5.41 Å². The standard InChI is InChI=1S/C20H24N2O3/c1-20(2,3)13-22(19(23)24)11-18-16-6-4-5-15(17(16)12-25-18)14-7-9-21-10-8-14/h4-10,18H,11-13H2,1-3H3,(H,23,24)/t18-/m0/s1. The molecule has 0 aliphatic carbocycles. The molecular weight excluding hydrogens is 316 g/mol. The molecule has 1 amide bonds. The molecule has 25 heavy (non-hydrogen) atoms. The summed E-state index contributed by atoms with van der Waals surface area (Å²) in [6, 6.07) is 10.1. The van der Waals surface area contributed by atoms with Gasteiger partial charge in [0.15, 0.2) is 0 Å². The van der Waals surface area contributed by atoms with Crippen molar-refractivity contribution in [3.8, 4) is 11.1 Å². The summed E-state index contributed by atoms with van der Waals surface area (Å²) >= 11 is 0. The number of benzene rings is 1. The second kappa shape index (κ2) is 6.84. The first kappa shape index (κ1) is 17.4. The highest BCUT2D eigenvalue weighted by Gasteiger charge is 2.30. The molecule has 0 radical (unpaired) electrons. The maximum absolute atomic E-state index is 11.6. The summed E-state index contributed by atoms with van der Waals surface area (Å²) < 4.78 is 5.96. The number of aromatic nitrogens is 1. The Morgan fingerprint density at radius 1 is 1.28 bits per heavy atom. The Morgan fingerprint density at radius 3 is 2.64 bits per heavy atom. The van der Waals surface area contributed by atoms with Crippen LogP contribution in [0.25, 0.3) is 11.1 Å². The lowest BCUT2D eigenvalue weighted by atomic mass is 9.94. The fraction of sp³-hybridized carbons (Fsp3) is 0.400. The lowest BCUT2D eigenvalue weighted by molar-refractivity contribution is 0.0301. The van der Waals surface area contributed by atoms with Crippen molar-refractivity contribution < 1.29 is 14.6 Å². The van der Waals surface area contributed by atoms with Crippen LogP contribution in [0.2, 0.25) is 0 Å². The molecule has 1 aromatic heterocycles. The van der Waals surface area contributed by atoms with E-state index < -0.39 is 6.09 Å². The van der Waals surface area contributed by atoms with Crippen LogP contribution in [0.1, 0.15) is 38.0 Å². The second-order valence-corrected chi connectivity index (χ2v) is 7.63. The molecule has 0 saturated heterocycles. The summed E-state index contributed by atoms with van der Waals surface area (Å²) in [4.78, 5) is 17.2. The summed E-state index contributed by atoms with van der Waals surface area (Å²) in [6.07, 6.45) is 2.42. The van der Waals surface area contributed by atoms with Gasteiger partial charge in [-0.05, 0) is 39.8 Å². The van der Waals surface area contributed by atoms with Crippen molar-refractivity contribution in [1.82, 2.24) is 9.88 Å². The predicted octanol–water partition coefficient (Wildman–Crippen LogP) is 4.35. The Hall–Kier alpha value is -2.40. The van der Waals surface area contributed by atoms with Gasteiger partial charge in [0.25, 0.3) is 0 Å². The fourth-order valence-corrected chi connectivity index (χ4v) is 3.28. The second-order valence-electron chi connectivity index (χ2n) is 7.63. The number of hydrogen-bond acceptors (Lipinski definition) is 3. The van der Waals surface area contributed by atoms with E-state index in [0.29, 0.717) is 19.7 Å². The molecule has 1 atom stereocenters. The van der Waals surface area contributed by atoms with E-state index in [1.807, 2.05) is 45.0 Å². The van der Waals surface area contributed by atoms with E-state index in [1.54, 1.807) is 12.4 Å². The molecule has 0 spiro atoms. The third kappa shape index (κ3) is 3.99. The summed E-state index contributed by atoms with van der Waals surface area (Å²) in [5.41, 5.74) is 4.34. The minimum atomic E-state index is -0.905. The van der Waals surface area contributed by atoms with Crippen LogP contribution in [0.5, 0.6) is 0 Å². The van der Waals surface area contributed by atoms with Crippen molar-refractivity contribution in [2.75, 3.05) is 13.1 Å². The number of amides is 1. The van der Waals surface area contributed by atoms with Crippen LogP contribution in [0.3, 0.4) is 0 Å². The van der Waals surface area contributed by atoms with Crippen molar-refractivity contribution in [2.24, 2.45) is 5.41 Å². The highest BCUT2D eigenvalue weighted by molar-refractivity contribution is 5.69. The van der Waals surface area contributed by atoms with E-state index in [1.165, 1.54) is 4.90 Å². The first-order valence-electron chi connectivity index (χ1n) is 8.47. The zero-order valence-corrected chi connectivity index (χ0v) is 14.9. The maximum Gasteiger partial charge on any atom is 0.407 e. The highest BCUT2D eigenvalue weighted by Crippen LogP contribution is 2.37. The summed E-state index contributed by atoms with van der Waals surface area (Å²) in [5.74, 6) is 0. The van der Waals surface area contributed by atoms with Gasteiger partial charge in [0.1, 0.15) is 6.10 Å². The van der Waals surface area contributed by atoms with E-state index in [0.717, 1.165) is 22.3 Å². The van der Waals surface area contributed by atoms with Crippen molar-refractivity contribution in [2.45, 2.75) is 33.5 Å². The molecule has 1 aliphatic heterocycles. The van der Waals surface area contributed by atoms with Gasteiger partial charge in [-0.15, -0.1) is 0 Å². The number of hydrogen-bond donors (Lipinski definition) is 1. The average Bonchev–Trinajstić information content (AvgIpc) is 2.97. The Morgan fingerprint density at radius 2 is 2.00 bits per heavy atom. The highest BCUT2D eigenvalue weighted by atomic mass is 16.5. The minimum absolute atomic E-state index is 0.0985. The fourth-order valence-electron chi connectivity index (χ4n) is 3.28. The number of nitrogens with zero attached hydrogens (tertiary/aromatic N) is 2. The third-order valence-electron chi connectivity index (χ3n) is 4.30. The number of pyridine rings is 1. The van der Waals surface area contributed by atoms with Gasteiger partial charge < -0.3 is 14.7 Å². The first-order chi connectivity index (χ1) is 11.8. The predicted molar refractivity (Wildman–Crippen MR) is 96.3 cm³/mol. The average molecular weight is 340 g/mol. The number of ether oxygens (including phenoxy) is 1. The van der Waals surface area contributed by atoms with Crippen LogP contribution < -0.4 is 0 Å². The van der Waals surface area contributed by atoms with E-state index in [9.17, 15) is 9.90 Å². The van der Waals surface area contributed by atoms with Gasteiger partial charge in [0.05, 0.1) is 13.2 Å². The van der Waals surface area contributed by atoms with Gasteiger partial charge in [0.2, 0.25) is 0 Å². The third-order valence-corrected chi connectivity index (χ3v) is 4.30. The number of carbonyl (C=O) groups is 1. The minimum Gasteiger partial charge on any atom is -0.465 e. The summed E-state index contributed by atoms with van der Waals surface area (Å²) in [5, 5.41) is 9.54. The lowest BCUT2D eigenvalue weighted by Gasteiger charge is -2.29. The van der Waals surface area contributed by atoms with Gasteiger partial charge in [0, 0.05) is 18.9 Å². The largest absolute Gasteiger partial charge is 0.465 e. The number of carboxylic acid groups (broad SMARTS) is 1. The molecule has 1 aliphatic rings. The molecule has 0 unspecified atom stereocenters. The van der Waals surface area contributed by atoms with E-state index in [4.69, 9.17) is 4.74 Å². The normalized spacial score (nSPS) is 16.5. The van der Waals surface area contributed by atoms with E-state index >= 15 is 0 Å². The van der Waals surface area contributed by atoms with Crippen LogP contribution in [0.4, 0.5) is 4.79 Å². The van der Waals surface area contributed by atoms with Crippen molar-refractivity contribution in [1.29, 1.82) is 0 Å². The van der Waals surface area contributed by atoms with Gasteiger partial charge in [-0.1, -0.05) is 39.0 Å². The lowest BCUT2D eigenvalue weighted by Crippen LogP contribution is -2.39. The molecule has 0 bridgehead atoms. The van der Waals surface area contributed by atoms with E-state index in [-0.39, 0.29) is 11.5 Å². The SMILES string of the molecule is CC(C)(C)CN(C[C@@H]1OCc2c(-c3ccncc3)cccc21)C(=O)O. The molecule has 0 saturated carbocycles. The van der Waals surface area contributed by atoms with Crippen molar-refractivity contribution >= 4 is 6.09 Å². The van der Waals surface area contributed by atoms with Crippen molar-refractivity contribution in [3.63, 3.8) is 0 Å². The smallest absolute Gasteiger partial charge is 0.407 e. The molecule has 0 fully saturated rings.